The third-order valence-electron chi connectivity index (χ3n) is 3.97. The van der Waals surface area contributed by atoms with Gasteiger partial charge in [0.1, 0.15) is 0 Å². The minimum absolute atomic E-state index is 0.500. The van der Waals surface area contributed by atoms with E-state index in [9.17, 15) is 4.39 Å². The third kappa shape index (κ3) is 3.43. The molecule has 1 fully saturated rings. The quantitative estimate of drug-likeness (QED) is 0.751. The van der Waals surface area contributed by atoms with Gasteiger partial charge in [-0.3, -0.25) is 14.1 Å². The molecule has 0 aliphatic heterocycles. The fourth-order valence-electron chi connectivity index (χ4n) is 2.44. The maximum atomic E-state index is 9.50. The Bertz CT molecular complexity index is 693. The van der Waals surface area contributed by atoms with Crippen LogP contribution in [-0.2, 0) is 0 Å². The second-order valence-electron chi connectivity index (χ2n) is 5.55. The van der Waals surface area contributed by atoms with Gasteiger partial charge in [0.2, 0.25) is 0 Å². The average molecular weight is 301 g/mol. The number of alkyl halides is 1. The molecule has 22 heavy (non-hydrogen) atoms. The molecule has 1 aromatic heterocycles. The summed E-state index contributed by atoms with van der Waals surface area (Å²) < 4.78 is 11.7. The molecule has 3 rings (SSSR count). The summed E-state index contributed by atoms with van der Waals surface area (Å²) in [5, 5.41) is 5.73. The second kappa shape index (κ2) is 7.34. The molecule has 0 spiro atoms. The number of hydrogen-bond acceptors (Lipinski definition) is 2. The molecular weight excluding hydrogens is 277 g/mol. The lowest BCUT2D eigenvalue weighted by atomic mass is 10.0. The molecular formula is C18H24FN3. The molecule has 3 nitrogen and oxygen atoms in total. The number of aromatic nitrogens is 2. The van der Waals surface area contributed by atoms with Gasteiger partial charge in [0.05, 0.1) is 30.6 Å². The molecule has 0 unspecified atom stereocenters. The van der Waals surface area contributed by atoms with Crippen LogP contribution in [0.4, 0.5) is 4.39 Å². The molecule has 1 aliphatic carbocycles. The molecule has 0 bridgehead atoms. The zero-order valence-corrected chi connectivity index (χ0v) is 13.8. The molecule has 0 radical (unpaired) electrons. The molecule has 1 aliphatic rings. The molecule has 0 atom stereocenters. The van der Waals surface area contributed by atoms with Crippen LogP contribution in [0.25, 0.3) is 10.9 Å². The normalized spacial score (nSPS) is 15.7. The van der Waals surface area contributed by atoms with E-state index in [4.69, 9.17) is 0 Å². The number of allylic oxidation sites excluding steroid dienone is 2. The van der Waals surface area contributed by atoms with E-state index in [-0.39, 0.29) is 0 Å². The van der Waals surface area contributed by atoms with Gasteiger partial charge in [-0.25, -0.2) is 0 Å². The first kappa shape index (κ1) is 16.4. The summed E-state index contributed by atoms with van der Waals surface area (Å²) in [4.78, 5) is 4.42. The van der Waals surface area contributed by atoms with Crippen LogP contribution in [-0.4, -0.2) is 29.7 Å². The Morgan fingerprint density at radius 2 is 2.14 bits per heavy atom. The lowest BCUT2D eigenvalue weighted by molar-refractivity contribution is 0.636. The van der Waals surface area contributed by atoms with Crippen LogP contribution < -0.4 is 0 Å². The van der Waals surface area contributed by atoms with Crippen LogP contribution in [0.15, 0.2) is 41.0 Å². The first-order valence-electron chi connectivity index (χ1n) is 7.72. The van der Waals surface area contributed by atoms with Crippen molar-refractivity contribution in [1.82, 2.24) is 9.78 Å². The summed E-state index contributed by atoms with van der Waals surface area (Å²) >= 11 is 0. The first-order valence-corrected chi connectivity index (χ1v) is 7.72. The van der Waals surface area contributed by atoms with Crippen LogP contribution in [0, 0.1) is 0 Å². The molecule has 0 N–H and O–H groups in total. The van der Waals surface area contributed by atoms with Crippen LogP contribution in [0.5, 0.6) is 0 Å². The number of nitrogens with zero attached hydrogens (tertiary/aromatic N) is 3. The number of aliphatic imine (C=N–C) groups is 1. The summed E-state index contributed by atoms with van der Waals surface area (Å²) in [5.74, 6) is 0. The number of fused-ring (bicyclic) bond motifs is 1. The topological polar surface area (TPSA) is 30.2 Å². The minimum atomic E-state index is 0.500. The summed E-state index contributed by atoms with van der Waals surface area (Å²) in [6.07, 6.45) is 7.73. The van der Waals surface area contributed by atoms with Crippen molar-refractivity contribution in [2.75, 3.05) is 14.2 Å². The fraction of sp³-hybridized carbons (Fsp3) is 0.444. The van der Waals surface area contributed by atoms with E-state index < -0.39 is 0 Å². The van der Waals surface area contributed by atoms with Gasteiger partial charge in [-0.2, -0.15) is 5.10 Å². The highest BCUT2D eigenvalue weighted by Crippen LogP contribution is 2.36. The predicted molar refractivity (Wildman–Crippen MR) is 91.5 cm³/mol. The van der Waals surface area contributed by atoms with Gasteiger partial charge in [-0.1, -0.05) is 18.6 Å². The van der Waals surface area contributed by atoms with E-state index >= 15 is 0 Å². The predicted octanol–water partition coefficient (Wildman–Crippen LogP) is 4.73. The maximum Gasteiger partial charge on any atom is 0.0785 e. The van der Waals surface area contributed by atoms with E-state index in [1.54, 1.807) is 0 Å². The Kier molecular flexibility index (Phi) is 5.47. The zero-order chi connectivity index (χ0) is 16.1. The van der Waals surface area contributed by atoms with Crippen molar-refractivity contribution in [3.05, 3.63) is 41.6 Å². The number of benzene rings is 1. The largest absolute Gasteiger partial charge is 0.288 e. The van der Waals surface area contributed by atoms with Gasteiger partial charge in [0, 0.05) is 18.0 Å². The van der Waals surface area contributed by atoms with E-state index in [2.05, 4.69) is 52.9 Å². The van der Waals surface area contributed by atoms with Gasteiger partial charge in [-0.15, -0.1) is 0 Å². The summed E-state index contributed by atoms with van der Waals surface area (Å²) in [6.45, 7) is 4.32. The Morgan fingerprint density at radius 1 is 1.41 bits per heavy atom. The van der Waals surface area contributed by atoms with Crippen molar-refractivity contribution in [1.29, 1.82) is 0 Å². The van der Waals surface area contributed by atoms with Crippen molar-refractivity contribution >= 4 is 16.6 Å². The van der Waals surface area contributed by atoms with E-state index in [0.717, 1.165) is 12.1 Å². The first-order chi connectivity index (χ1) is 10.7. The van der Waals surface area contributed by atoms with Crippen molar-refractivity contribution < 1.29 is 4.39 Å². The third-order valence-corrected chi connectivity index (χ3v) is 3.97. The monoisotopic (exact) mass is 301 g/mol. The fourth-order valence-corrected chi connectivity index (χ4v) is 2.44. The Hall–Kier alpha value is -1.97. The SMILES string of the molecule is CC/C(C)=C\C(=NC)c1ccc2c(cnn2C2CC2)c1.CF. The maximum absolute atomic E-state index is 9.50. The molecule has 1 heterocycles. The van der Waals surface area contributed by atoms with Gasteiger partial charge in [0.25, 0.3) is 0 Å². The molecule has 4 heteroatoms. The highest BCUT2D eigenvalue weighted by molar-refractivity contribution is 6.10. The van der Waals surface area contributed by atoms with Gasteiger partial charge in [-0.05, 0) is 44.4 Å². The van der Waals surface area contributed by atoms with Gasteiger partial charge in [0.15, 0.2) is 0 Å². The van der Waals surface area contributed by atoms with Crippen LogP contribution in [0.3, 0.4) is 0 Å². The van der Waals surface area contributed by atoms with Crippen LogP contribution in [0.1, 0.15) is 44.7 Å². The summed E-state index contributed by atoms with van der Waals surface area (Å²) in [7, 11) is 2.35. The molecule has 2 aromatic rings. The molecule has 0 amide bonds. The van der Waals surface area contributed by atoms with Crippen molar-refractivity contribution in [3.63, 3.8) is 0 Å². The zero-order valence-electron chi connectivity index (χ0n) is 13.8. The van der Waals surface area contributed by atoms with E-state index in [0.29, 0.717) is 13.2 Å². The highest BCUT2D eigenvalue weighted by Gasteiger charge is 2.25. The van der Waals surface area contributed by atoms with Gasteiger partial charge >= 0.3 is 0 Å². The Balaban J connectivity index is 0.000000847. The second-order valence-corrected chi connectivity index (χ2v) is 5.55. The molecule has 1 aromatic carbocycles. The molecule has 1 saturated carbocycles. The van der Waals surface area contributed by atoms with Gasteiger partial charge < -0.3 is 0 Å². The van der Waals surface area contributed by atoms with Crippen LogP contribution in [0.2, 0.25) is 0 Å². The van der Waals surface area contributed by atoms with Crippen molar-refractivity contribution in [3.8, 4) is 0 Å². The lowest BCUT2D eigenvalue weighted by Crippen LogP contribution is -1.99. The molecule has 118 valence electrons. The summed E-state index contributed by atoms with van der Waals surface area (Å²) in [5.41, 5.74) is 4.80. The van der Waals surface area contributed by atoms with E-state index in [1.807, 2.05) is 13.2 Å². The smallest absolute Gasteiger partial charge is 0.0785 e. The van der Waals surface area contributed by atoms with Crippen molar-refractivity contribution in [2.24, 2.45) is 4.99 Å². The standard InChI is InChI=1S/C17H21N3.CH3F/c1-4-12(2)9-16(18-3)13-5-8-17-14(10-13)11-19-20(17)15-6-7-15;1-2/h5,8-11,15H,4,6-7H2,1-3H3;1H3/b12-9-,18-16?;. The number of halogens is 1. The Labute approximate surface area is 131 Å². The summed E-state index contributed by atoms with van der Waals surface area (Å²) in [6, 6.07) is 7.16. The number of hydrogen-bond donors (Lipinski definition) is 0. The van der Waals surface area contributed by atoms with Crippen LogP contribution >= 0.6 is 0 Å². The van der Waals surface area contributed by atoms with E-state index in [1.165, 1.54) is 34.9 Å². The molecule has 0 saturated heterocycles. The highest BCUT2D eigenvalue weighted by atomic mass is 19.1. The average Bonchev–Trinajstić information content (AvgIpc) is 3.33. The number of rotatable bonds is 4. The Morgan fingerprint density at radius 3 is 2.73 bits per heavy atom. The minimum Gasteiger partial charge on any atom is -0.288 e. The van der Waals surface area contributed by atoms with Crippen molar-refractivity contribution in [2.45, 2.75) is 39.2 Å². The lowest BCUT2D eigenvalue weighted by Gasteiger charge is -2.05.